The van der Waals surface area contributed by atoms with E-state index in [0.717, 1.165) is 5.57 Å². The lowest BCUT2D eigenvalue weighted by Crippen LogP contribution is -2.50. The fourth-order valence-corrected chi connectivity index (χ4v) is 9.81. The van der Waals surface area contributed by atoms with Gasteiger partial charge in [0, 0.05) is 11.6 Å². The number of halogens is 3. The summed E-state index contributed by atoms with van der Waals surface area (Å²) < 4.78 is 56.6. The van der Waals surface area contributed by atoms with Gasteiger partial charge in [0.1, 0.15) is 11.4 Å². The van der Waals surface area contributed by atoms with Crippen LogP contribution in [-0.4, -0.2) is 20.3 Å². The molecular weight excluding hydrogens is 409 g/mol. The van der Waals surface area contributed by atoms with Crippen molar-refractivity contribution in [3.05, 3.63) is 35.9 Å². The zero-order valence-electron chi connectivity index (χ0n) is 19.1. The number of benzene rings is 1. The van der Waals surface area contributed by atoms with Gasteiger partial charge in [0.15, 0.2) is 11.5 Å². The van der Waals surface area contributed by atoms with Gasteiger partial charge in [-0.3, -0.25) is 0 Å². The van der Waals surface area contributed by atoms with Crippen LogP contribution in [0.15, 0.2) is 30.4 Å². The molecule has 0 fully saturated rings. The first kappa shape index (κ1) is 24.4. The Morgan fingerprint density at radius 2 is 1.53 bits per heavy atom. The maximum atomic E-state index is 13.2. The molecule has 0 saturated carbocycles. The van der Waals surface area contributed by atoms with E-state index >= 15 is 0 Å². The minimum absolute atomic E-state index is 0.0834. The molecule has 0 bridgehead atoms. The van der Waals surface area contributed by atoms with E-state index in [1.54, 1.807) is 18.2 Å². The lowest BCUT2D eigenvalue weighted by atomic mass is 9.92. The van der Waals surface area contributed by atoms with E-state index in [0.29, 0.717) is 11.3 Å². The van der Waals surface area contributed by atoms with Gasteiger partial charge in [0.25, 0.3) is 8.32 Å². The molecule has 0 amide bonds. The van der Waals surface area contributed by atoms with E-state index in [2.05, 4.69) is 52.9 Å². The van der Waals surface area contributed by atoms with E-state index in [1.165, 1.54) is 6.07 Å². The van der Waals surface area contributed by atoms with E-state index in [1.807, 2.05) is 13.8 Å². The average Bonchev–Trinajstić information content (AvgIpc) is 2.56. The molecule has 0 aliphatic carbocycles. The van der Waals surface area contributed by atoms with Crippen molar-refractivity contribution in [3.8, 4) is 17.2 Å². The zero-order chi connectivity index (χ0) is 23.1. The largest absolute Gasteiger partial charge is 0.573 e. The van der Waals surface area contributed by atoms with Crippen LogP contribution in [0.4, 0.5) is 13.2 Å². The van der Waals surface area contributed by atoms with Crippen LogP contribution in [0.1, 0.15) is 61.0 Å². The predicted octanol–water partition coefficient (Wildman–Crippen LogP) is 7.88. The minimum Gasteiger partial charge on any atom is -0.540 e. The molecule has 0 spiro atoms. The van der Waals surface area contributed by atoms with Gasteiger partial charge < -0.3 is 13.9 Å². The van der Waals surface area contributed by atoms with Gasteiger partial charge in [-0.25, -0.2) is 0 Å². The molecule has 1 heterocycles. The number of rotatable bonds is 7. The second kappa shape index (κ2) is 8.33. The third-order valence-corrected chi connectivity index (χ3v) is 11.9. The summed E-state index contributed by atoms with van der Waals surface area (Å²) in [6, 6.07) is 2.89. The molecule has 0 aromatic heterocycles. The second-order valence-electron chi connectivity index (χ2n) is 9.22. The lowest BCUT2D eigenvalue weighted by molar-refractivity contribution is -0.275. The van der Waals surface area contributed by atoms with Crippen LogP contribution in [0.5, 0.6) is 17.2 Å². The SMILES string of the molecule is C=CC1=Cc2cc(OC(F)(F)F)c(O[Si](C(C)C)(C(C)C)C(C)C)cc2OC1(C)C. The molecule has 1 aromatic carbocycles. The van der Waals surface area contributed by atoms with Crippen molar-refractivity contribution in [1.82, 2.24) is 0 Å². The average molecular weight is 443 g/mol. The summed E-state index contributed by atoms with van der Waals surface area (Å²) in [6.07, 6.45) is -1.41. The Hall–Kier alpha value is -1.89. The highest BCUT2D eigenvalue weighted by molar-refractivity contribution is 6.78. The smallest absolute Gasteiger partial charge is 0.540 e. The van der Waals surface area contributed by atoms with E-state index in [-0.39, 0.29) is 28.1 Å². The Morgan fingerprint density at radius 1 is 1.00 bits per heavy atom. The zero-order valence-corrected chi connectivity index (χ0v) is 20.1. The fourth-order valence-electron chi connectivity index (χ4n) is 4.57. The summed E-state index contributed by atoms with van der Waals surface area (Å²) in [7, 11) is -2.51. The third kappa shape index (κ3) is 4.71. The molecule has 0 atom stereocenters. The molecule has 0 unspecified atom stereocenters. The van der Waals surface area contributed by atoms with Crippen molar-refractivity contribution in [1.29, 1.82) is 0 Å². The molecule has 0 saturated heterocycles. The van der Waals surface area contributed by atoms with Crippen molar-refractivity contribution in [2.24, 2.45) is 0 Å². The van der Waals surface area contributed by atoms with Crippen molar-refractivity contribution < 1.29 is 27.1 Å². The second-order valence-corrected chi connectivity index (χ2v) is 14.6. The normalized spacial score (nSPS) is 16.3. The van der Waals surface area contributed by atoms with Crippen molar-refractivity contribution in [3.63, 3.8) is 0 Å². The molecule has 3 nitrogen and oxygen atoms in total. The maximum absolute atomic E-state index is 13.2. The summed E-state index contributed by atoms with van der Waals surface area (Å²) in [5.74, 6) is 0.206. The predicted molar refractivity (Wildman–Crippen MR) is 118 cm³/mol. The Balaban J connectivity index is 2.69. The number of hydrogen-bond acceptors (Lipinski definition) is 3. The van der Waals surface area contributed by atoms with Gasteiger partial charge in [0.05, 0.1) is 0 Å². The first-order chi connectivity index (χ1) is 13.6. The highest BCUT2D eigenvalue weighted by Gasteiger charge is 2.48. The van der Waals surface area contributed by atoms with Gasteiger partial charge in [-0.2, -0.15) is 0 Å². The van der Waals surface area contributed by atoms with Crippen molar-refractivity contribution >= 4 is 14.4 Å². The van der Waals surface area contributed by atoms with Crippen LogP contribution >= 0.6 is 0 Å². The molecular formula is C23H33F3O3Si. The molecule has 1 aliphatic rings. The first-order valence-corrected chi connectivity index (χ1v) is 12.4. The van der Waals surface area contributed by atoms with Crippen LogP contribution in [0.2, 0.25) is 16.6 Å². The quantitative estimate of drug-likeness (QED) is 0.402. The summed E-state index contributed by atoms with van der Waals surface area (Å²) in [4.78, 5) is 0. The fraction of sp³-hybridized carbons (Fsp3) is 0.565. The van der Waals surface area contributed by atoms with Crippen molar-refractivity contribution in [2.75, 3.05) is 0 Å². The van der Waals surface area contributed by atoms with Gasteiger partial charge >= 0.3 is 6.36 Å². The summed E-state index contributed by atoms with van der Waals surface area (Å²) in [6.45, 7) is 20.0. The maximum Gasteiger partial charge on any atom is 0.573 e. The molecule has 1 aromatic rings. The molecule has 30 heavy (non-hydrogen) atoms. The van der Waals surface area contributed by atoms with Gasteiger partial charge in [-0.15, -0.1) is 13.2 Å². The van der Waals surface area contributed by atoms with Crippen molar-refractivity contribution in [2.45, 2.75) is 84.0 Å². The minimum atomic E-state index is -4.83. The molecule has 168 valence electrons. The Morgan fingerprint density at radius 3 is 1.97 bits per heavy atom. The van der Waals surface area contributed by atoms with Gasteiger partial charge in [-0.05, 0) is 48.2 Å². The standard InChI is InChI=1S/C23H33F3O3Si/c1-10-18-11-17-12-20(28-23(24,25)26)21(13-19(17)27-22(18,8)9)29-30(14(2)3,15(4)5)16(6)7/h10-16H,1H2,2-9H3. The summed E-state index contributed by atoms with van der Waals surface area (Å²) in [5, 5.41) is 0. The third-order valence-electron chi connectivity index (χ3n) is 5.89. The number of fused-ring (bicyclic) bond motifs is 1. The Labute approximate surface area is 179 Å². The topological polar surface area (TPSA) is 27.7 Å². The lowest BCUT2D eigenvalue weighted by Gasteiger charge is -2.42. The number of hydrogen-bond donors (Lipinski definition) is 0. The Bertz CT molecular complexity index is 802. The molecule has 0 N–H and O–H groups in total. The number of alkyl halides is 3. The molecule has 7 heteroatoms. The van der Waals surface area contributed by atoms with Crippen LogP contribution in [0.3, 0.4) is 0 Å². The van der Waals surface area contributed by atoms with Gasteiger partial charge in [0.2, 0.25) is 0 Å². The van der Waals surface area contributed by atoms with Crippen LogP contribution in [-0.2, 0) is 0 Å². The van der Waals surface area contributed by atoms with E-state index in [4.69, 9.17) is 9.16 Å². The van der Waals surface area contributed by atoms with Crippen LogP contribution in [0.25, 0.3) is 6.08 Å². The summed E-state index contributed by atoms with van der Waals surface area (Å²) >= 11 is 0. The number of ether oxygens (including phenoxy) is 2. The van der Waals surface area contributed by atoms with Crippen LogP contribution < -0.4 is 13.9 Å². The van der Waals surface area contributed by atoms with E-state index < -0.39 is 20.3 Å². The first-order valence-electron chi connectivity index (χ1n) is 10.3. The monoisotopic (exact) mass is 442 g/mol. The molecule has 0 radical (unpaired) electrons. The summed E-state index contributed by atoms with van der Waals surface area (Å²) in [5.41, 5.74) is 1.20. The highest BCUT2D eigenvalue weighted by Crippen LogP contribution is 2.48. The Kier molecular flexibility index (Phi) is 6.77. The van der Waals surface area contributed by atoms with Gasteiger partial charge in [-0.1, -0.05) is 54.2 Å². The highest BCUT2D eigenvalue weighted by atomic mass is 28.4. The molecule has 1 aliphatic heterocycles. The van der Waals surface area contributed by atoms with Crippen LogP contribution in [0, 0.1) is 0 Å². The van der Waals surface area contributed by atoms with E-state index in [9.17, 15) is 13.2 Å². The molecule has 2 rings (SSSR count).